The van der Waals surface area contributed by atoms with E-state index < -0.39 is 5.91 Å². The van der Waals surface area contributed by atoms with E-state index in [4.69, 9.17) is 16.2 Å². The second kappa shape index (κ2) is 5.92. The van der Waals surface area contributed by atoms with Crippen LogP contribution in [-0.4, -0.2) is 5.91 Å². The first-order valence-corrected chi connectivity index (χ1v) is 6.53. The Kier molecular flexibility index (Phi) is 4.24. The Morgan fingerprint density at radius 1 is 1.30 bits per heavy atom. The Morgan fingerprint density at radius 2 is 2.05 bits per heavy atom. The maximum Gasteiger partial charge on any atom is 0.252 e. The van der Waals surface area contributed by atoms with E-state index in [1.54, 1.807) is 24.3 Å². The summed E-state index contributed by atoms with van der Waals surface area (Å²) in [7, 11) is 0. The standard InChI is InChI=1S/C14H12BrFN2O2/c15-13-8(2-1-3-11(13)16)7-20-12-5-4-9(17)6-10(12)14(18)19/h1-6H,7,17H2,(H2,18,19). The van der Waals surface area contributed by atoms with E-state index in [1.807, 2.05) is 0 Å². The van der Waals surface area contributed by atoms with Gasteiger partial charge in [0.1, 0.15) is 18.2 Å². The predicted octanol–water partition coefficient (Wildman–Crippen LogP) is 2.85. The number of amides is 1. The lowest BCUT2D eigenvalue weighted by Gasteiger charge is -2.11. The van der Waals surface area contributed by atoms with Gasteiger partial charge in [0, 0.05) is 11.3 Å². The third kappa shape index (κ3) is 3.08. The van der Waals surface area contributed by atoms with Crippen molar-refractivity contribution < 1.29 is 13.9 Å². The summed E-state index contributed by atoms with van der Waals surface area (Å²) in [5.41, 5.74) is 12.1. The van der Waals surface area contributed by atoms with Gasteiger partial charge in [0.2, 0.25) is 0 Å². The van der Waals surface area contributed by atoms with Crippen molar-refractivity contribution in [3.8, 4) is 5.75 Å². The lowest BCUT2D eigenvalue weighted by Crippen LogP contribution is -2.13. The largest absolute Gasteiger partial charge is 0.488 e. The molecule has 0 unspecified atom stereocenters. The molecule has 0 aliphatic carbocycles. The molecule has 20 heavy (non-hydrogen) atoms. The molecule has 104 valence electrons. The molecular weight excluding hydrogens is 327 g/mol. The zero-order valence-corrected chi connectivity index (χ0v) is 12.0. The molecule has 0 aromatic heterocycles. The summed E-state index contributed by atoms with van der Waals surface area (Å²) >= 11 is 3.15. The van der Waals surface area contributed by atoms with Crippen LogP contribution in [0.25, 0.3) is 0 Å². The first-order chi connectivity index (χ1) is 9.49. The maximum atomic E-state index is 13.4. The molecular formula is C14H12BrFN2O2. The second-order valence-electron chi connectivity index (χ2n) is 4.12. The number of benzene rings is 2. The number of nitrogen functional groups attached to an aromatic ring is 1. The summed E-state index contributed by atoms with van der Waals surface area (Å²) in [5.74, 6) is -0.702. The molecule has 0 aliphatic heterocycles. The van der Waals surface area contributed by atoms with E-state index >= 15 is 0 Å². The number of hydrogen-bond donors (Lipinski definition) is 2. The Labute approximate surface area is 123 Å². The fourth-order valence-corrected chi connectivity index (χ4v) is 2.06. The molecule has 0 aliphatic rings. The van der Waals surface area contributed by atoms with Gasteiger partial charge in [-0.25, -0.2) is 4.39 Å². The van der Waals surface area contributed by atoms with Gasteiger partial charge < -0.3 is 16.2 Å². The molecule has 0 radical (unpaired) electrons. The Hall–Kier alpha value is -2.08. The number of rotatable bonds is 4. The van der Waals surface area contributed by atoms with Crippen molar-refractivity contribution in [2.45, 2.75) is 6.61 Å². The van der Waals surface area contributed by atoms with Crippen LogP contribution in [0.4, 0.5) is 10.1 Å². The van der Waals surface area contributed by atoms with Crippen LogP contribution in [0.15, 0.2) is 40.9 Å². The zero-order valence-electron chi connectivity index (χ0n) is 10.4. The quantitative estimate of drug-likeness (QED) is 0.841. The van der Waals surface area contributed by atoms with Crippen LogP contribution in [-0.2, 0) is 6.61 Å². The minimum absolute atomic E-state index is 0.0997. The van der Waals surface area contributed by atoms with Gasteiger partial charge in [-0.15, -0.1) is 0 Å². The molecule has 0 saturated carbocycles. The van der Waals surface area contributed by atoms with Crippen LogP contribution in [0, 0.1) is 5.82 Å². The number of halogens is 2. The lowest BCUT2D eigenvalue weighted by molar-refractivity contribution is 0.0996. The number of ether oxygens (including phenoxy) is 1. The topological polar surface area (TPSA) is 78.3 Å². The van der Waals surface area contributed by atoms with Gasteiger partial charge >= 0.3 is 0 Å². The van der Waals surface area contributed by atoms with Crippen molar-refractivity contribution in [1.82, 2.24) is 0 Å². The monoisotopic (exact) mass is 338 g/mol. The third-order valence-electron chi connectivity index (χ3n) is 2.68. The number of hydrogen-bond acceptors (Lipinski definition) is 3. The Bertz CT molecular complexity index is 662. The van der Waals surface area contributed by atoms with Crippen molar-refractivity contribution in [3.63, 3.8) is 0 Å². The lowest BCUT2D eigenvalue weighted by atomic mass is 10.1. The fourth-order valence-electron chi connectivity index (χ4n) is 1.68. The Morgan fingerprint density at radius 3 is 2.75 bits per heavy atom. The number of anilines is 1. The summed E-state index contributed by atoms with van der Waals surface area (Å²) in [5, 5.41) is 0. The van der Waals surface area contributed by atoms with Crippen molar-refractivity contribution in [1.29, 1.82) is 0 Å². The average molecular weight is 339 g/mol. The molecule has 0 saturated heterocycles. The van der Waals surface area contributed by atoms with E-state index in [9.17, 15) is 9.18 Å². The minimum atomic E-state index is -0.634. The van der Waals surface area contributed by atoms with Crippen LogP contribution in [0.3, 0.4) is 0 Å². The van der Waals surface area contributed by atoms with Gasteiger partial charge in [-0.3, -0.25) is 4.79 Å². The molecule has 2 rings (SSSR count). The van der Waals surface area contributed by atoms with Crippen LogP contribution in [0.1, 0.15) is 15.9 Å². The van der Waals surface area contributed by atoms with Gasteiger partial charge in [0.05, 0.1) is 10.0 Å². The molecule has 0 spiro atoms. The molecule has 4 nitrogen and oxygen atoms in total. The second-order valence-corrected chi connectivity index (χ2v) is 4.91. The van der Waals surface area contributed by atoms with Crippen molar-refractivity contribution in [2.24, 2.45) is 5.73 Å². The third-order valence-corrected chi connectivity index (χ3v) is 3.57. The van der Waals surface area contributed by atoms with Gasteiger partial charge in [-0.05, 0) is 40.2 Å². The highest BCUT2D eigenvalue weighted by Gasteiger charge is 2.11. The van der Waals surface area contributed by atoms with Crippen molar-refractivity contribution in [3.05, 3.63) is 57.8 Å². The summed E-state index contributed by atoms with van der Waals surface area (Å²) in [6, 6.07) is 9.24. The molecule has 0 bridgehead atoms. The van der Waals surface area contributed by atoms with Crippen LogP contribution < -0.4 is 16.2 Å². The highest BCUT2D eigenvalue weighted by atomic mass is 79.9. The molecule has 2 aromatic rings. The summed E-state index contributed by atoms with van der Waals surface area (Å²) in [6.07, 6.45) is 0. The molecule has 2 aromatic carbocycles. The predicted molar refractivity (Wildman–Crippen MR) is 77.8 cm³/mol. The smallest absolute Gasteiger partial charge is 0.252 e. The normalized spacial score (nSPS) is 10.3. The maximum absolute atomic E-state index is 13.4. The molecule has 4 N–H and O–H groups in total. The molecule has 0 fully saturated rings. The minimum Gasteiger partial charge on any atom is -0.488 e. The van der Waals surface area contributed by atoms with Gasteiger partial charge in [-0.2, -0.15) is 0 Å². The number of carbonyl (C=O) groups is 1. The average Bonchev–Trinajstić information content (AvgIpc) is 2.41. The van der Waals surface area contributed by atoms with Crippen LogP contribution in [0.2, 0.25) is 0 Å². The van der Waals surface area contributed by atoms with Crippen LogP contribution >= 0.6 is 15.9 Å². The number of carbonyl (C=O) groups excluding carboxylic acids is 1. The molecule has 0 heterocycles. The SMILES string of the molecule is NC(=O)c1cc(N)ccc1OCc1cccc(F)c1Br. The van der Waals surface area contributed by atoms with E-state index in [0.29, 0.717) is 21.5 Å². The number of nitrogens with two attached hydrogens (primary N) is 2. The van der Waals surface area contributed by atoms with E-state index in [2.05, 4.69) is 15.9 Å². The van der Waals surface area contributed by atoms with Gasteiger partial charge in [0.15, 0.2) is 0 Å². The fraction of sp³-hybridized carbons (Fsp3) is 0.0714. The summed E-state index contributed by atoms with van der Waals surface area (Å²) in [4.78, 5) is 11.3. The number of primary amides is 1. The molecule has 6 heteroatoms. The van der Waals surface area contributed by atoms with Gasteiger partial charge in [0.25, 0.3) is 5.91 Å². The first kappa shape index (κ1) is 14.3. The van der Waals surface area contributed by atoms with E-state index in [0.717, 1.165) is 0 Å². The highest BCUT2D eigenvalue weighted by molar-refractivity contribution is 9.10. The molecule has 1 amide bonds. The summed E-state index contributed by atoms with van der Waals surface area (Å²) in [6.45, 7) is 0.0997. The summed E-state index contributed by atoms with van der Waals surface area (Å²) < 4.78 is 19.2. The zero-order chi connectivity index (χ0) is 14.7. The Balaban J connectivity index is 2.23. The van der Waals surface area contributed by atoms with Crippen LogP contribution in [0.5, 0.6) is 5.75 Å². The van der Waals surface area contributed by atoms with Gasteiger partial charge in [-0.1, -0.05) is 12.1 Å². The molecule has 0 atom stereocenters. The van der Waals surface area contributed by atoms with E-state index in [-0.39, 0.29) is 18.0 Å². The van der Waals surface area contributed by atoms with Crippen molar-refractivity contribution >= 4 is 27.5 Å². The van der Waals surface area contributed by atoms with E-state index in [1.165, 1.54) is 12.1 Å². The van der Waals surface area contributed by atoms with Crippen molar-refractivity contribution in [2.75, 3.05) is 5.73 Å². The highest BCUT2D eigenvalue weighted by Crippen LogP contribution is 2.25. The first-order valence-electron chi connectivity index (χ1n) is 5.74.